The molecule has 7 heteroatoms. The minimum absolute atomic E-state index is 0.0291. The smallest absolute Gasteiger partial charge is 0.342 e. The number of carbonyl (C=O) groups excluding carboxylic acids is 4. The minimum atomic E-state index is -1.87. The summed E-state index contributed by atoms with van der Waals surface area (Å²) in [6.45, 7) is 2.12. The first-order valence-corrected chi connectivity index (χ1v) is 10.5. The SMILES string of the molecule is CCCc1cccc2c1C(=O)N(C1(C(=O)OCc3ccccc3)CCC(=O)NC1=O)C2. The Kier molecular flexibility index (Phi) is 5.59. The van der Waals surface area contributed by atoms with Crippen molar-refractivity contribution >= 4 is 23.7 Å². The molecule has 0 spiro atoms. The van der Waals surface area contributed by atoms with Gasteiger partial charge in [0, 0.05) is 18.5 Å². The fourth-order valence-corrected chi connectivity index (χ4v) is 4.33. The van der Waals surface area contributed by atoms with Crippen LogP contribution in [0, 0.1) is 0 Å². The van der Waals surface area contributed by atoms with E-state index >= 15 is 0 Å². The van der Waals surface area contributed by atoms with E-state index in [1.54, 1.807) is 12.1 Å². The Hall–Kier alpha value is -3.48. The van der Waals surface area contributed by atoms with Crippen LogP contribution in [-0.2, 0) is 38.7 Å². The molecular formula is C24H24N2O5. The lowest BCUT2D eigenvalue weighted by molar-refractivity contribution is -0.167. The van der Waals surface area contributed by atoms with Crippen LogP contribution in [0.4, 0.5) is 0 Å². The molecule has 2 heterocycles. The highest BCUT2D eigenvalue weighted by atomic mass is 16.5. The molecule has 4 rings (SSSR count). The summed E-state index contributed by atoms with van der Waals surface area (Å²) >= 11 is 0. The van der Waals surface area contributed by atoms with Gasteiger partial charge in [-0.3, -0.25) is 19.7 Å². The third-order valence-electron chi connectivity index (χ3n) is 5.90. The van der Waals surface area contributed by atoms with Gasteiger partial charge in [0.15, 0.2) is 0 Å². The molecule has 1 fully saturated rings. The molecule has 0 bridgehead atoms. The standard InChI is InChI=1S/C24H24N2O5/c1-2-7-17-10-6-11-18-14-26(21(28)20(17)18)24(13-12-19(27)25-22(24)29)23(30)31-15-16-8-4-3-5-9-16/h3-6,8-11H,2,7,12-15H2,1H3,(H,25,27,29). The number of rotatable bonds is 6. The van der Waals surface area contributed by atoms with Crippen molar-refractivity contribution in [2.45, 2.75) is 51.3 Å². The largest absolute Gasteiger partial charge is 0.459 e. The van der Waals surface area contributed by atoms with E-state index in [2.05, 4.69) is 5.32 Å². The fraction of sp³-hybridized carbons (Fsp3) is 0.333. The zero-order chi connectivity index (χ0) is 22.0. The van der Waals surface area contributed by atoms with E-state index in [0.717, 1.165) is 29.5 Å². The van der Waals surface area contributed by atoms with Crippen LogP contribution in [0.5, 0.6) is 0 Å². The van der Waals surface area contributed by atoms with Crippen LogP contribution in [0.2, 0.25) is 0 Å². The van der Waals surface area contributed by atoms with Crippen LogP contribution in [0.1, 0.15) is 53.2 Å². The molecule has 0 aliphatic carbocycles. The van der Waals surface area contributed by atoms with Crippen molar-refractivity contribution in [2.75, 3.05) is 0 Å². The second-order valence-corrected chi connectivity index (χ2v) is 7.89. The number of piperidine rings is 1. The molecule has 0 saturated carbocycles. The number of aryl methyl sites for hydroxylation is 1. The first-order chi connectivity index (χ1) is 15.0. The van der Waals surface area contributed by atoms with Gasteiger partial charge in [-0.25, -0.2) is 4.79 Å². The van der Waals surface area contributed by atoms with Gasteiger partial charge in [0.1, 0.15) is 6.61 Å². The maximum Gasteiger partial charge on any atom is 0.342 e. The lowest BCUT2D eigenvalue weighted by Crippen LogP contribution is -2.67. The van der Waals surface area contributed by atoms with Gasteiger partial charge >= 0.3 is 5.97 Å². The number of imide groups is 1. The highest BCUT2D eigenvalue weighted by molar-refractivity contribution is 6.18. The maximum absolute atomic E-state index is 13.5. The molecular weight excluding hydrogens is 396 g/mol. The van der Waals surface area contributed by atoms with E-state index in [9.17, 15) is 19.2 Å². The van der Waals surface area contributed by atoms with Gasteiger partial charge in [-0.15, -0.1) is 0 Å². The number of carbonyl (C=O) groups is 4. The van der Waals surface area contributed by atoms with Crippen molar-refractivity contribution in [1.82, 2.24) is 10.2 Å². The highest BCUT2D eigenvalue weighted by Gasteiger charge is 2.58. The van der Waals surface area contributed by atoms with Crippen LogP contribution in [0.25, 0.3) is 0 Å². The Labute approximate surface area is 180 Å². The molecule has 31 heavy (non-hydrogen) atoms. The van der Waals surface area contributed by atoms with Crippen LogP contribution in [0.3, 0.4) is 0 Å². The molecule has 0 aromatic heterocycles. The van der Waals surface area contributed by atoms with Crippen molar-refractivity contribution in [1.29, 1.82) is 0 Å². The number of nitrogens with zero attached hydrogens (tertiary/aromatic N) is 1. The van der Waals surface area contributed by atoms with E-state index < -0.39 is 23.3 Å². The summed E-state index contributed by atoms with van der Waals surface area (Å²) in [6.07, 6.45) is 1.43. The normalized spacial score (nSPS) is 20.4. The number of nitrogens with one attached hydrogen (secondary N) is 1. The molecule has 2 aromatic rings. The average molecular weight is 420 g/mol. The molecule has 160 valence electrons. The zero-order valence-corrected chi connectivity index (χ0v) is 17.3. The summed E-state index contributed by atoms with van der Waals surface area (Å²) in [5.74, 6) is -2.47. The first-order valence-electron chi connectivity index (χ1n) is 10.5. The number of benzene rings is 2. The minimum Gasteiger partial charge on any atom is -0.459 e. The second kappa shape index (κ2) is 8.34. The third kappa shape index (κ3) is 3.60. The molecule has 1 N–H and O–H groups in total. The van der Waals surface area contributed by atoms with Gasteiger partial charge in [-0.2, -0.15) is 0 Å². The molecule has 1 unspecified atom stereocenters. The molecule has 2 aliphatic rings. The van der Waals surface area contributed by atoms with E-state index in [-0.39, 0.29) is 31.9 Å². The van der Waals surface area contributed by atoms with Gasteiger partial charge in [0.2, 0.25) is 11.4 Å². The molecule has 0 radical (unpaired) electrons. The Morgan fingerprint density at radius 1 is 1.10 bits per heavy atom. The van der Waals surface area contributed by atoms with Gasteiger partial charge in [0.25, 0.3) is 11.8 Å². The van der Waals surface area contributed by atoms with E-state index in [1.807, 2.05) is 43.3 Å². The summed E-state index contributed by atoms with van der Waals surface area (Å²) < 4.78 is 5.51. The van der Waals surface area contributed by atoms with Gasteiger partial charge in [-0.05, 0) is 29.5 Å². The van der Waals surface area contributed by atoms with Crippen molar-refractivity contribution in [3.05, 3.63) is 70.8 Å². The predicted octanol–water partition coefficient (Wildman–Crippen LogP) is 2.51. The monoisotopic (exact) mass is 420 g/mol. The number of ether oxygens (including phenoxy) is 1. The maximum atomic E-state index is 13.5. The van der Waals surface area contributed by atoms with E-state index in [1.165, 1.54) is 4.90 Å². The Balaban J connectivity index is 1.68. The summed E-state index contributed by atoms with van der Waals surface area (Å²) in [5, 5.41) is 2.24. The van der Waals surface area contributed by atoms with Gasteiger partial charge in [-0.1, -0.05) is 61.9 Å². The first kappa shape index (κ1) is 20.8. The average Bonchev–Trinajstić information content (AvgIpc) is 3.11. The van der Waals surface area contributed by atoms with Crippen molar-refractivity contribution in [3.63, 3.8) is 0 Å². The molecule has 7 nitrogen and oxygen atoms in total. The molecule has 1 atom stereocenters. The number of hydrogen-bond donors (Lipinski definition) is 1. The quantitative estimate of drug-likeness (QED) is 0.440. The zero-order valence-electron chi connectivity index (χ0n) is 17.3. The second-order valence-electron chi connectivity index (χ2n) is 7.89. The highest BCUT2D eigenvalue weighted by Crippen LogP contribution is 2.37. The van der Waals surface area contributed by atoms with Crippen LogP contribution in [-0.4, -0.2) is 34.1 Å². The third-order valence-corrected chi connectivity index (χ3v) is 5.90. The summed E-state index contributed by atoms with van der Waals surface area (Å²) in [4.78, 5) is 52.9. The molecule has 2 aliphatic heterocycles. The number of fused-ring (bicyclic) bond motifs is 1. The van der Waals surface area contributed by atoms with Gasteiger partial charge in [0.05, 0.1) is 0 Å². The van der Waals surface area contributed by atoms with E-state index in [0.29, 0.717) is 5.56 Å². The van der Waals surface area contributed by atoms with Crippen LogP contribution >= 0.6 is 0 Å². The Morgan fingerprint density at radius 3 is 2.58 bits per heavy atom. The summed E-state index contributed by atoms with van der Waals surface area (Å²) in [5.41, 5.74) is 1.11. The predicted molar refractivity (Wildman–Crippen MR) is 112 cm³/mol. The number of hydrogen-bond acceptors (Lipinski definition) is 5. The molecule has 1 saturated heterocycles. The lowest BCUT2D eigenvalue weighted by atomic mass is 9.86. The van der Waals surface area contributed by atoms with E-state index in [4.69, 9.17) is 4.74 Å². The topological polar surface area (TPSA) is 92.8 Å². The van der Waals surface area contributed by atoms with Gasteiger partial charge < -0.3 is 9.64 Å². The number of esters is 1. The molecule has 3 amide bonds. The Bertz CT molecular complexity index is 1050. The fourth-order valence-electron chi connectivity index (χ4n) is 4.33. The van der Waals surface area contributed by atoms with Crippen molar-refractivity contribution < 1.29 is 23.9 Å². The summed E-state index contributed by atoms with van der Waals surface area (Å²) in [7, 11) is 0. The van der Waals surface area contributed by atoms with Crippen molar-refractivity contribution in [2.24, 2.45) is 0 Å². The molecule has 2 aromatic carbocycles. The van der Waals surface area contributed by atoms with Crippen LogP contribution < -0.4 is 5.32 Å². The van der Waals surface area contributed by atoms with Crippen LogP contribution in [0.15, 0.2) is 48.5 Å². The summed E-state index contributed by atoms with van der Waals surface area (Å²) in [6, 6.07) is 14.7. The lowest BCUT2D eigenvalue weighted by Gasteiger charge is -2.40. The van der Waals surface area contributed by atoms with Crippen molar-refractivity contribution in [3.8, 4) is 0 Å². The Morgan fingerprint density at radius 2 is 1.87 bits per heavy atom. The number of amides is 3.